The molecule has 0 aliphatic heterocycles. The minimum atomic E-state index is -0.620. The number of rotatable bonds is 5. The van der Waals surface area contributed by atoms with Crippen molar-refractivity contribution in [1.29, 1.82) is 0 Å². The van der Waals surface area contributed by atoms with E-state index in [1.807, 2.05) is 36.4 Å². The van der Waals surface area contributed by atoms with Crippen molar-refractivity contribution in [2.24, 2.45) is 0 Å². The molecule has 0 radical (unpaired) electrons. The van der Waals surface area contributed by atoms with Crippen LogP contribution in [0.15, 0.2) is 71.0 Å². The Labute approximate surface area is 164 Å². The van der Waals surface area contributed by atoms with E-state index in [1.54, 1.807) is 29.8 Å². The van der Waals surface area contributed by atoms with Crippen LogP contribution in [0, 0.1) is 0 Å². The van der Waals surface area contributed by atoms with E-state index in [4.69, 9.17) is 0 Å². The van der Waals surface area contributed by atoms with Crippen LogP contribution >= 0.6 is 11.3 Å². The van der Waals surface area contributed by atoms with E-state index in [9.17, 15) is 14.7 Å². The number of fused-ring (bicyclic) bond motifs is 1. The summed E-state index contributed by atoms with van der Waals surface area (Å²) in [6, 6.07) is 16.7. The van der Waals surface area contributed by atoms with E-state index < -0.39 is 11.5 Å². The number of aromatic hydroxyl groups is 1. The Morgan fingerprint density at radius 1 is 1.11 bits per heavy atom. The van der Waals surface area contributed by atoms with Gasteiger partial charge in [0.2, 0.25) is 0 Å². The van der Waals surface area contributed by atoms with Gasteiger partial charge in [-0.3, -0.25) is 14.6 Å². The van der Waals surface area contributed by atoms with Gasteiger partial charge in [-0.2, -0.15) is 0 Å². The molecule has 1 aromatic carbocycles. The SMILES string of the molecule is O=C(NCc1ccccn1)c1c(O)c2sccc2n(Cc2ccccc2)c1=O. The first-order valence-corrected chi connectivity index (χ1v) is 9.58. The van der Waals surface area contributed by atoms with Crippen molar-refractivity contribution in [3.05, 3.63) is 93.3 Å². The van der Waals surface area contributed by atoms with Crippen LogP contribution in [0.5, 0.6) is 5.75 Å². The van der Waals surface area contributed by atoms with Crippen LogP contribution in [0.25, 0.3) is 10.2 Å². The van der Waals surface area contributed by atoms with Crippen molar-refractivity contribution in [3.8, 4) is 5.75 Å². The highest BCUT2D eigenvalue weighted by Gasteiger charge is 2.23. The predicted molar refractivity (Wildman–Crippen MR) is 109 cm³/mol. The molecule has 0 spiro atoms. The number of hydrogen-bond donors (Lipinski definition) is 2. The molecular weight excluding hydrogens is 374 g/mol. The monoisotopic (exact) mass is 391 g/mol. The van der Waals surface area contributed by atoms with Crippen molar-refractivity contribution in [1.82, 2.24) is 14.9 Å². The lowest BCUT2D eigenvalue weighted by Crippen LogP contribution is -2.33. The van der Waals surface area contributed by atoms with Gasteiger partial charge in [0.05, 0.1) is 29.0 Å². The van der Waals surface area contributed by atoms with Crippen molar-refractivity contribution < 1.29 is 9.90 Å². The Hall–Kier alpha value is -3.45. The summed E-state index contributed by atoms with van der Waals surface area (Å²) in [5.74, 6) is -0.900. The first kappa shape index (κ1) is 17.9. The summed E-state index contributed by atoms with van der Waals surface area (Å²) in [5.41, 5.74) is 1.44. The molecular formula is C21H17N3O3S. The molecule has 0 fully saturated rings. The van der Waals surface area contributed by atoms with Crippen LogP contribution < -0.4 is 10.9 Å². The zero-order chi connectivity index (χ0) is 19.5. The Morgan fingerprint density at radius 2 is 1.89 bits per heavy atom. The van der Waals surface area contributed by atoms with Crippen LogP contribution in [0.1, 0.15) is 21.6 Å². The lowest BCUT2D eigenvalue weighted by atomic mass is 10.1. The summed E-state index contributed by atoms with van der Waals surface area (Å²) in [6.07, 6.45) is 1.63. The van der Waals surface area contributed by atoms with Crippen LogP contribution in [0.2, 0.25) is 0 Å². The maximum atomic E-state index is 13.1. The van der Waals surface area contributed by atoms with Gasteiger partial charge in [0.1, 0.15) is 5.56 Å². The number of pyridine rings is 2. The summed E-state index contributed by atoms with van der Waals surface area (Å²) < 4.78 is 2.04. The highest BCUT2D eigenvalue weighted by atomic mass is 32.1. The minimum Gasteiger partial charge on any atom is -0.505 e. The fourth-order valence-corrected chi connectivity index (χ4v) is 3.89. The topological polar surface area (TPSA) is 84.2 Å². The summed E-state index contributed by atoms with van der Waals surface area (Å²) >= 11 is 1.29. The molecule has 28 heavy (non-hydrogen) atoms. The molecule has 4 rings (SSSR count). The maximum absolute atomic E-state index is 13.1. The van der Waals surface area contributed by atoms with E-state index in [1.165, 1.54) is 15.9 Å². The average molecular weight is 391 g/mol. The Balaban J connectivity index is 1.73. The number of aromatic nitrogens is 2. The molecule has 0 atom stereocenters. The molecule has 1 amide bonds. The Bertz CT molecular complexity index is 1180. The van der Waals surface area contributed by atoms with Gasteiger partial charge < -0.3 is 15.0 Å². The van der Waals surface area contributed by atoms with Crippen molar-refractivity contribution in [2.75, 3.05) is 0 Å². The van der Waals surface area contributed by atoms with E-state index >= 15 is 0 Å². The fourth-order valence-electron chi connectivity index (χ4n) is 3.04. The summed E-state index contributed by atoms with van der Waals surface area (Å²) in [5, 5.41) is 15.1. The summed E-state index contributed by atoms with van der Waals surface area (Å²) in [6.45, 7) is 0.480. The number of nitrogens with one attached hydrogen (secondary N) is 1. The number of carbonyl (C=O) groups excluding carboxylic acids is 1. The predicted octanol–water partition coefficient (Wildman–Crippen LogP) is 3.14. The third-order valence-corrected chi connectivity index (χ3v) is 5.32. The first-order chi connectivity index (χ1) is 13.6. The van der Waals surface area contributed by atoms with Gasteiger partial charge in [-0.25, -0.2) is 0 Å². The minimum absolute atomic E-state index is 0.166. The van der Waals surface area contributed by atoms with Crippen molar-refractivity contribution in [2.45, 2.75) is 13.1 Å². The van der Waals surface area contributed by atoms with Gasteiger partial charge in [-0.15, -0.1) is 11.3 Å². The van der Waals surface area contributed by atoms with Gasteiger partial charge >= 0.3 is 0 Å². The highest BCUT2D eigenvalue weighted by molar-refractivity contribution is 7.17. The molecule has 3 heterocycles. The normalized spacial score (nSPS) is 10.9. The Kier molecular flexibility index (Phi) is 4.90. The average Bonchev–Trinajstić information content (AvgIpc) is 3.21. The largest absolute Gasteiger partial charge is 0.505 e. The van der Waals surface area contributed by atoms with Crippen LogP contribution in [-0.2, 0) is 13.1 Å². The van der Waals surface area contributed by atoms with Crippen LogP contribution in [-0.4, -0.2) is 20.6 Å². The van der Waals surface area contributed by atoms with E-state index in [2.05, 4.69) is 10.3 Å². The van der Waals surface area contributed by atoms with Gasteiger partial charge in [0.25, 0.3) is 11.5 Å². The number of amides is 1. The highest BCUT2D eigenvalue weighted by Crippen LogP contribution is 2.31. The van der Waals surface area contributed by atoms with E-state index in [-0.39, 0.29) is 17.9 Å². The molecule has 2 N–H and O–H groups in total. The summed E-state index contributed by atoms with van der Waals surface area (Å²) in [7, 11) is 0. The second-order valence-electron chi connectivity index (χ2n) is 6.24. The molecule has 6 nitrogen and oxygen atoms in total. The zero-order valence-corrected chi connectivity index (χ0v) is 15.6. The second-order valence-corrected chi connectivity index (χ2v) is 7.16. The molecule has 0 aliphatic carbocycles. The lowest BCUT2D eigenvalue weighted by molar-refractivity contribution is 0.0946. The zero-order valence-electron chi connectivity index (χ0n) is 14.8. The summed E-state index contributed by atoms with van der Waals surface area (Å²) in [4.78, 5) is 30.0. The maximum Gasteiger partial charge on any atom is 0.268 e. The fraction of sp³-hybridized carbons (Fsp3) is 0.0952. The molecule has 0 aliphatic rings. The number of carbonyl (C=O) groups is 1. The molecule has 0 bridgehead atoms. The number of thiophene rings is 1. The van der Waals surface area contributed by atoms with Gasteiger partial charge in [0.15, 0.2) is 5.75 Å². The van der Waals surface area contributed by atoms with Gasteiger partial charge in [-0.05, 0) is 29.1 Å². The Morgan fingerprint density at radius 3 is 2.64 bits per heavy atom. The molecule has 7 heteroatoms. The van der Waals surface area contributed by atoms with E-state index in [0.717, 1.165) is 5.56 Å². The number of benzene rings is 1. The number of nitrogens with zero attached hydrogens (tertiary/aromatic N) is 2. The first-order valence-electron chi connectivity index (χ1n) is 8.70. The van der Waals surface area contributed by atoms with Crippen LogP contribution in [0.4, 0.5) is 0 Å². The van der Waals surface area contributed by atoms with Crippen molar-refractivity contribution in [3.63, 3.8) is 0 Å². The molecule has 0 unspecified atom stereocenters. The molecule has 140 valence electrons. The van der Waals surface area contributed by atoms with Gasteiger partial charge in [-0.1, -0.05) is 36.4 Å². The van der Waals surface area contributed by atoms with Crippen LogP contribution in [0.3, 0.4) is 0 Å². The lowest BCUT2D eigenvalue weighted by Gasteiger charge is -2.13. The molecule has 0 saturated carbocycles. The number of hydrogen-bond acceptors (Lipinski definition) is 5. The van der Waals surface area contributed by atoms with E-state index in [0.29, 0.717) is 22.5 Å². The quantitative estimate of drug-likeness (QED) is 0.547. The molecule has 3 aromatic heterocycles. The standard InChI is InChI=1S/C21H17N3O3S/c25-18-17(20(26)23-12-15-8-4-5-10-22-15)21(27)24(16-9-11-28-19(16)18)13-14-6-2-1-3-7-14/h1-11,25H,12-13H2,(H,23,26). The second kappa shape index (κ2) is 7.66. The van der Waals surface area contributed by atoms with Crippen molar-refractivity contribution >= 4 is 27.5 Å². The van der Waals surface area contributed by atoms with Gasteiger partial charge in [0, 0.05) is 6.20 Å². The molecule has 0 saturated heterocycles. The third kappa shape index (κ3) is 3.39. The molecule has 4 aromatic rings. The smallest absolute Gasteiger partial charge is 0.268 e. The third-order valence-electron chi connectivity index (χ3n) is 4.41.